The van der Waals surface area contributed by atoms with E-state index in [9.17, 15) is 25.1 Å². The number of carbonyl (C=O) groups is 2. The molecule has 120 valence electrons. The fourth-order valence-electron chi connectivity index (χ4n) is 2.18. The van der Waals surface area contributed by atoms with E-state index in [1.807, 2.05) is 0 Å². The van der Waals surface area contributed by atoms with Crippen LogP contribution in [0.3, 0.4) is 0 Å². The Labute approximate surface area is 131 Å². The van der Waals surface area contributed by atoms with Crippen molar-refractivity contribution in [2.75, 3.05) is 7.11 Å². The average Bonchev–Trinajstić information content (AvgIpc) is 2.55. The predicted octanol–water partition coefficient (Wildman–Crippen LogP) is 1.04. The second-order valence-corrected chi connectivity index (χ2v) is 4.81. The van der Waals surface area contributed by atoms with Gasteiger partial charge < -0.3 is 25.5 Å². The van der Waals surface area contributed by atoms with E-state index in [0.29, 0.717) is 23.0 Å². The Hall–Kier alpha value is -2.74. The number of esters is 1. The van der Waals surface area contributed by atoms with Crippen LogP contribution >= 0.6 is 0 Å². The smallest absolute Gasteiger partial charge is 0.337 e. The quantitative estimate of drug-likeness (QED) is 0.484. The zero-order chi connectivity index (χ0) is 17.0. The van der Waals surface area contributed by atoms with Crippen molar-refractivity contribution in [3.63, 3.8) is 0 Å². The van der Waals surface area contributed by atoms with Gasteiger partial charge in [-0.15, -0.1) is 0 Å². The number of phenolic OH excluding ortho intramolecular Hbond substituents is 1. The van der Waals surface area contributed by atoms with Gasteiger partial charge in [-0.05, 0) is 35.4 Å². The molecule has 0 aromatic heterocycles. The summed E-state index contributed by atoms with van der Waals surface area (Å²) in [4.78, 5) is 22.5. The van der Waals surface area contributed by atoms with Crippen LogP contribution in [0.15, 0.2) is 36.4 Å². The number of nitrogens with one attached hydrogen (secondary N) is 1. The molecule has 0 saturated heterocycles. The van der Waals surface area contributed by atoms with Crippen molar-refractivity contribution in [1.82, 2.24) is 0 Å². The summed E-state index contributed by atoms with van der Waals surface area (Å²) >= 11 is 0. The molecule has 7 heteroatoms. The molecule has 2 aromatic rings. The molecule has 23 heavy (non-hydrogen) atoms. The highest BCUT2D eigenvalue weighted by molar-refractivity contribution is 5.90. The molecule has 0 amide bonds. The lowest BCUT2D eigenvalue weighted by Gasteiger charge is -2.26. The van der Waals surface area contributed by atoms with Crippen molar-refractivity contribution in [2.45, 2.75) is 6.54 Å². The van der Waals surface area contributed by atoms with E-state index in [2.05, 4.69) is 4.74 Å². The van der Waals surface area contributed by atoms with Crippen LogP contribution in [0.1, 0.15) is 26.3 Å². The van der Waals surface area contributed by atoms with Gasteiger partial charge in [-0.1, -0.05) is 12.1 Å². The van der Waals surface area contributed by atoms with Crippen LogP contribution in [0.2, 0.25) is 0 Å². The average molecular weight is 316 g/mol. The Kier molecular flexibility index (Phi) is 5.07. The van der Waals surface area contributed by atoms with Gasteiger partial charge in [0.15, 0.2) is 6.29 Å². The van der Waals surface area contributed by atoms with Gasteiger partial charge in [-0.3, -0.25) is 4.79 Å². The zero-order valence-corrected chi connectivity index (χ0v) is 12.2. The molecule has 0 fully saturated rings. The number of benzene rings is 2. The van der Waals surface area contributed by atoms with Gasteiger partial charge in [0, 0.05) is 5.56 Å². The Bertz CT molecular complexity index is 724. The molecule has 0 saturated carbocycles. The summed E-state index contributed by atoms with van der Waals surface area (Å²) < 4.78 is 4.61. The van der Waals surface area contributed by atoms with Crippen LogP contribution < -0.4 is 5.23 Å². The maximum Gasteiger partial charge on any atom is 0.337 e. The molecule has 2 N–H and O–H groups in total. The topological polar surface area (TPSA) is 114 Å². The molecule has 2 rings (SSSR count). The van der Waals surface area contributed by atoms with Crippen molar-refractivity contribution < 1.29 is 24.7 Å². The lowest BCUT2D eigenvalue weighted by Crippen LogP contribution is -3.00. The van der Waals surface area contributed by atoms with Gasteiger partial charge in [-0.25, -0.2) is 4.79 Å². The molecule has 0 aliphatic carbocycles. The van der Waals surface area contributed by atoms with E-state index in [1.165, 1.54) is 19.2 Å². The number of carbonyl (C=O) groups excluding carboxylic acids is 2. The van der Waals surface area contributed by atoms with Crippen molar-refractivity contribution in [3.8, 4) is 16.9 Å². The van der Waals surface area contributed by atoms with Crippen LogP contribution in [0, 0.1) is 10.4 Å². The first-order valence-electron chi connectivity index (χ1n) is 6.66. The van der Waals surface area contributed by atoms with E-state index in [4.69, 9.17) is 0 Å². The predicted molar refractivity (Wildman–Crippen MR) is 81.7 cm³/mol. The van der Waals surface area contributed by atoms with Crippen molar-refractivity contribution in [1.29, 1.82) is 0 Å². The number of aromatic hydroxyl groups is 1. The first-order chi connectivity index (χ1) is 11.0. The van der Waals surface area contributed by atoms with Crippen LogP contribution in [0.5, 0.6) is 5.75 Å². The highest BCUT2D eigenvalue weighted by Crippen LogP contribution is 2.29. The molecule has 0 aliphatic rings. The number of phenols is 1. The number of ether oxygens (including phenoxy) is 1. The van der Waals surface area contributed by atoms with Gasteiger partial charge in [0.05, 0.1) is 18.2 Å². The van der Waals surface area contributed by atoms with E-state index in [1.54, 1.807) is 24.3 Å². The Morgan fingerprint density at radius 2 is 1.87 bits per heavy atom. The number of hydroxylamine groups is 2. The van der Waals surface area contributed by atoms with Crippen molar-refractivity contribution in [2.24, 2.45) is 0 Å². The molecule has 2 aromatic carbocycles. The first kappa shape index (κ1) is 16.6. The normalized spacial score (nSPS) is 10.6. The fraction of sp³-hybridized carbons (Fsp3) is 0.125. The van der Waals surface area contributed by atoms with Crippen LogP contribution in [0.4, 0.5) is 0 Å². The number of rotatable bonds is 5. The summed E-state index contributed by atoms with van der Waals surface area (Å²) in [6.07, 6.45) is 0.445. The molecule has 0 atom stereocenters. The van der Waals surface area contributed by atoms with Crippen molar-refractivity contribution in [3.05, 3.63) is 63.5 Å². The lowest BCUT2D eigenvalue weighted by molar-refractivity contribution is -0.807. The van der Waals surface area contributed by atoms with Gasteiger partial charge in [0.2, 0.25) is 0 Å². The molecular formula is C16H14NO6-. The van der Waals surface area contributed by atoms with E-state index in [-0.39, 0.29) is 16.9 Å². The molecular weight excluding hydrogens is 302 g/mol. The number of quaternary nitrogens is 1. The van der Waals surface area contributed by atoms with E-state index in [0.717, 1.165) is 0 Å². The SMILES string of the molecule is COC(=O)c1ccc(-c2cc(C=O)c(O)c(C[NH+]([O-])[O-])c2)cc1. The van der Waals surface area contributed by atoms with Gasteiger partial charge in [0.1, 0.15) is 12.3 Å². The third-order valence-corrected chi connectivity index (χ3v) is 3.32. The summed E-state index contributed by atoms with van der Waals surface area (Å²) in [6.45, 7) is -0.513. The summed E-state index contributed by atoms with van der Waals surface area (Å²) in [5, 5.41) is 30.0. The number of methoxy groups -OCH3 is 1. The number of aldehydes is 1. The summed E-state index contributed by atoms with van der Waals surface area (Å²) in [5.74, 6) is -0.854. The molecule has 0 spiro atoms. The maximum absolute atomic E-state index is 11.4. The van der Waals surface area contributed by atoms with Gasteiger partial charge in [0.25, 0.3) is 0 Å². The van der Waals surface area contributed by atoms with E-state index < -0.39 is 17.7 Å². The van der Waals surface area contributed by atoms with E-state index >= 15 is 0 Å². The summed E-state index contributed by atoms with van der Waals surface area (Å²) in [6, 6.07) is 9.27. The molecule has 0 radical (unpaired) electrons. The summed E-state index contributed by atoms with van der Waals surface area (Å²) in [5.41, 5.74) is 1.62. The van der Waals surface area contributed by atoms with Crippen LogP contribution in [0.25, 0.3) is 11.1 Å². The third-order valence-electron chi connectivity index (χ3n) is 3.32. The monoisotopic (exact) mass is 316 g/mol. The van der Waals surface area contributed by atoms with Gasteiger partial charge in [-0.2, -0.15) is 0 Å². The molecule has 7 nitrogen and oxygen atoms in total. The first-order valence-corrected chi connectivity index (χ1v) is 6.66. The highest BCUT2D eigenvalue weighted by atomic mass is 16.8. The minimum Gasteiger partial charge on any atom is -0.633 e. The number of hydrogen-bond acceptors (Lipinski definition) is 6. The Morgan fingerprint density at radius 1 is 1.22 bits per heavy atom. The summed E-state index contributed by atoms with van der Waals surface area (Å²) in [7, 11) is 1.28. The minimum absolute atomic E-state index is 0.0178. The lowest BCUT2D eigenvalue weighted by atomic mass is 9.98. The molecule has 0 unspecified atom stereocenters. The van der Waals surface area contributed by atoms with Crippen LogP contribution in [-0.4, -0.2) is 24.5 Å². The molecule has 0 heterocycles. The van der Waals surface area contributed by atoms with Gasteiger partial charge >= 0.3 is 5.97 Å². The van der Waals surface area contributed by atoms with Crippen molar-refractivity contribution >= 4 is 12.3 Å². The minimum atomic E-state index is -1.37. The molecule has 0 aliphatic heterocycles. The number of hydrogen-bond donors (Lipinski definition) is 2. The maximum atomic E-state index is 11.4. The highest BCUT2D eigenvalue weighted by Gasteiger charge is 2.12. The largest absolute Gasteiger partial charge is 0.633 e. The second kappa shape index (κ2) is 7.01. The fourth-order valence-corrected chi connectivity index (χ4v) is 2.18. The third kappa shape index (κ3) is 3.72. The van der Waals surface area contributed by atoms with Crippen LogP contribution in [-0.2, 0) is 11.3 Å². The second-order valence-electron chi connectivity index (χ2n) is 4.81. The molecule has 0 bridgehead atoms. The Balaban J connectivity index is 2.46. The standard InChI is InChI=1S/C16H14NO6/c1-23-16(20)11-4-2-10(3-5-11)12-6-13(8-17(21)22)15(19)14(7-12)9-18/h2-7,9,17,19H,8H2,1H3/q-1. The Morgan fingerprint density at radius 3 is 2.39 bits per heavy atom. The zero-order valence-electron chi connectivity index (χ0n) is 12.2.